The number of aliphatic imine (C=N–C) groups is 1. The molecular formula is C15H22N4O3. The summed E-state index contributed by atoms with van der Waals surface area (Å²) >= 11 is 0. The van der Waals surface area contributed by atoms with Crippen molar-refractivity contribution in [1.29, 1.82) is 0 Å². The van der Waals surface area contributed by atoms with E-state index in [1.807, 2.05) is 36.1 Å². The quantitative estimate of drug-likeness (QED) is 0.763. The van der Waals surface area contributed by atoms with Gasteiger partial charge in [-0.1, -0.05) is 0 Å². The smallest absolute Gasteiger partial charge is 0.338 e. The summed E-state index contributed by atoms with van der Waals surface area (Å²) < 4.78 is 10.7. The summed E-state index contributed by atoms with van der Waals surface area (Å²) in [6.07, 6.45) is 0. The van der Waals surface area contributed by atoms with Gasteiger partial charge in [-0.3, -0.25) is 5.01 Å². The Balaban J connectivity index is 1.87. The third-order valence-electron chi connectivity index (χ3n) is 3.23. The molecule has 0 N–H and O–H groups in total. The minimum Gasteiger partial charge on any atom is -0.476 e. The van der Waals surface area contributed by atoms with Crippen molar-refractivity contribution in [3.8, 4) is 5.75 Å². The van der Waals surface area contributed by atoms with Gasteiger partial charge in [-0.2, -0.15) is 5.01 Å². The summed E-state index contributed by atoms with van der Waals surface area (Å²) in [7, 11) is 5.85. The van der Waals surface area contributed by atoms with Crippen LogP contribution < -0.4 is 4.74 Å². The van der Waals surface area contributed by atoms with Gasteiger partial charge in [0.15, 0.2) is 6.73 Å². The minimum absolute atomic E-state index is 0.322. The van der Waals surface area contributed by atoms with Crippen molar-refractivity contribution in [2.45, 2.75) is 6.92 Å². The second kappa shape index (κ2) is 7.13. The van der Waals surface area contributed by atoms with Crippen LogP contribution in [0.3, 0.4) is 0 Å². The van der Waals surface area contributed by atoms with Crippen molar-refractivity contribution in [3.63, 3.8) is 0 Å². The van der Waals surface area contributed by atoms with Crippen LogP contribution in [0.1, 0.15) is 17.3 Å². The van der Waals surface area contributed by atoms with Crippen LogP contribution >= 0.6 is 0 Å². The summed E-state index contributed by atoms with van der Waals surface area (Å²) in [5, 5.41) is 3.92. The van der Waals surface area contributed by atoms with Gasteiger partial charge in [0.1, 0.15) is 12.4 Å². The summed E-state index contributed by atoms with van der Waals surface area (Å²) in [6.45, 7) is 3.10. The fraction of sp³-hybridized carbons (Fsp3) is 0.467. The molecule has 1 aromatic carbocycles. The summed E-state index contributed by atoms with van der Waals surface area (Å²) in [5.74, 6) is 1.26. The first-order valence-electron chi connectivity index (χ1n) is 7.13. The molecule has 0 saturated heterocycles. The highest BCUT2D eigenvalue weighted by molar-refractivity contribution is 5.89. The Morgan fingerprint density at radius 3 is 2.55 bits per heavy atom. The van der Waals surface area contributed by atoms with Crippen LogP contribution in [0.25, 0.3) is 0 Å². The molecular weight excluding hydrogens is 284 g/mol. The van der Waals surface area contributed by atoms with E-state index in [1.165, 1.54) is 0 Å². The van der Waals surface area contributed by atoms with Crippen molar-refractivity contribution < 1.29 is 14.3 Å². The van der Waals surface area contributed by atoms with Crippen LogP contribution in [0, 0.1) is 0 Å². The average molecular weight is 306 g/mol. The Bertz CT molecular complexity index is 542. The molecule has 0 saturated carbocycles. The highest BCUT2D eigenvalue weighted by atomic mass is 16.5. The molecule has 0 aromatic heterocycles. The van der Waals surface area contributed by atoms with E-state index in [4.69, 9.17) is 9.47 Å². The number of hydrazine groups is 1. The first-order chi connectivity index (χ1) is 10.5. The monoisotopic (exact) mass is 306 g/mol. The summed E-state index contributed by atoms with van der Waals surface area (Å²) in [5.41, 5.74) is 0.519. The van der Waals surface area contributed by atoms with Gasteiger partial charge >= 0.3 is 5.97 Å². The lowest BCUT2D eigenvalue weighted by Gasteiger charge is -2.28. The van der Waals surface area contributed by atoms with Gasteiger partial charge in [0.2, 0.25) is 5.96 Å². The molecule has 1 aliphatic rings. The van der Waals surface area contributed by atoms with Gasteiger partial charge in [-0.05, 0) is 31.2 Å². The average Bonchev–Trinajstić information content (AvgIpc) is 2.87. The van der Waals surface area contributed by atoms with Crippen molar-refractivity contribution >= 4 is 11.9 Å². The first kappa shape index (κ1) is 16.1. The van der Waals surface area contributed by atoms with Gasteiger partial charge in [0, 0.05) is 21.1 Å². The maximum absolute atomic E-state index is 11.6. The van der Waals surface area contributed by atoms with Crippen LogP contribution in [0.2, 0.25) is 0 Å². The molecule has 0 atom stereocenters. The molecule has 0 radical (unpaired) electrons. The number of esters is 1. The molecule has 0 fully saturated rings. The minimum atomic E-state index is -0.322. The van der Waals surface area contributed by atoms with Crippen LogP contribution in [0.15, 0.2) is 29.3 Å². The fourth-order valence-electron chi connectivity index (χ4n) is 2.08. The van der Waals surface area contributed by atoms with Crippen molar-refractivity contribution in [2.75, 3.05) is 41.1 Å². The topological polar surface area (TPSA) is 57.6 Å². The number of ether oxygens (including phenoxy) is 2. The normalized spacial score (nSPS) is 14.7. The van der Waals surface area contributed by atoms with E-state index in [1.54, 1.807) is 31.2 Å². The van der Waals surface area contributed by atoms with Gasteiger partial charge in [0.05, 0.1) is 12.2 Å². The third kappa shape index (κ3) is 3.67. The highest BCUT2D eigenvalue weighted by Gasteiger charge is 2.23. The van der Waals surface area contributed by atoms with E-state index < -0.39 is 0 Å². The lowest BCUT2D eigenvalue weighted by atomic mass is 10.2. The van der Waals surface area contributed by atoms with E-state index in [0.717, 1.165) is 5.96 Å². The molecule has 1 heterocycles. The fourth-order valence-corrected chi connectivity index (χ4v) is 2.08. The molecule has 7 nitrogen and oxygen atoms in total. The zero-order valence-corrected chi connectivity index (χ0v) is 13.4. The number of benzene rings is 1. The van der Waals surface area contributed by atoms with E-state index in [2.05, 4.69) is 4.99 Å². The van der Waals surface area contributed by atoms with E-state index >= 15 is 0 Å². The van der Waals surface area contributed by atoms with Crippen molar-refractivity contribution in [1.82, 2.24) is 14.9 Å². The second-order valence-electron chi connectivity index (χ2n) is 5.04. The second-order valence-corrected chi connectivity index (χ2v) is 5.04. The molecule has 22 heavy (non-hydrogen) atoms. The molecule has 7 heteroatoms. The Morgan fingerprint density at radius 1 is 1.32 bits per heavy atom. The van der Waals surface area contributed by atoms with Crippen LogP contribution in [0.5, 0.6) is 5.75 Å². The maximum Gasteiger partial charge on any atom is 0.338 e. The van der Waals surface area contributed by atoms with Crippen LogP contribution in [-0.4, -0.2) is 68.0 Å². The van der Waals surface area contributed by atoms with E-state index in [9.17, 15) is 4.79 Å². The Labute approximate surface area is 130 Å². The zero-order chi connectivity index (χ0) is 16.1. The SMILES string of the molecule is CCOC(=O)c1ccc(OCN2CN=C(N(C)C)N2C)cc1. The number of hydrogen-bond donors (Lipinski definition) is 0. The third-order valence-corrected chi connectivity index (χ3v) is 3.23. The van der Waals surface area contributed by atoms with Crippen molar-refractivity contribution in [3.05, 3.63) is 29.8 Å². The molecule has 0 amide bonds. The molecule has 0 spiro atoms. The summed E-state index contributed by atoms with van der Waals surface area (Å²) in [4.78, 5) is 17.9. The molecule has 1 aliphatic heterocycles. The number of nitrogens with zero attached hydrogens (tertiary/aromatic N) is 4. The van der Waals surface area contributed by atoms with Gasteiger partial charge in [-0.25, -0.2) is 9.79 Å². The number of hydrogen-bond acceptors (Lipinski definition) is 7. The van der Waals surface area contributed by atoms with Crippen LogP contribution in [0.4, 0.5) is 0 Å². The van der Waals surface area contributed by atoms with Gasteiger partial charge in [-0.15, -0.1) is 0 Å². The Morgan fingerprint density at radius 2 is 2.00 bits per heavy atom. The van der Waals surface area contributed by atoms with Gasteiger partial charge < -0.3 is 14.4 Å². The lowest BCUT2D eigenvalue weighted by Crippen LogP contribution is -2.44. The molecule has 0 unspecified atom stereocenters. The number of rotatable bonds is 5. The molecule has 120 valence electrons. The molecule has 0 bridgehead atoms. The Kier molecular flexibility index (Phi) is 5.21. The molecule has 1 aromatic rings. The number of carbonyl (C=O) groups excluding carboxylic acids is 1. The summed E-state index contributed by atoms with van der Waals surface area (Å²) in [6, 6.07) is 6.91. The highest BCUT2D eigenvalue weighted by Crippen LogP contribution is 2.15. The molecule has 2 rings (SSSR count). The predicted octanol–water partition coefficient (Wildman–Crippen LogP) is 1.24. The van der Waals surface area contributed by atoms with Crippen LogP contribution in [-0.2, 0) is 4.74 Å². The zero-order valence-electron chi connectivity index (χ0n) is 13.4. The largest absolute Gasteiger partial charge is 0.476 e. The standard InChI is InChI=1S/C15H22N4O3/c1-5-21-14(20)12-6-8-13(9-7-12)22-11-19-10-16-15(17(2)3)18(19)4/h6-9H,5,10-11H2,1-4H3. The Hall–Kier alpha value is -2.28. The maximum atomic E-state index is 11.6. The van der Waals surface area contributed by atoms with Crippen molar-refractivity contribution in [2.24, 2.45) is 4.99 Å². The predicted molar refractivity (Wildman–Crippen MR) is 83.5 cm³/mol. The number of guanidine groups is 1. The van der Waals surface area contributed by atoms with E-state index in [-0.39, 0.29) is 5.97 Å². The van der Waals surface area contributed by atoms with Gasteiger partial charge in [0.25, 0.3) is 0 Å². The first-order valence-corrected chi connectivity index (χ1v) is 7.13. The van der Waals surface area contributed by atoms with E-state index in [0.29, 0.717) is 31.3 Å². The number of carbonyl (C=O) groups is 1. The molecule has 0 aliphatic carbocycles. The lowest BCUT2D eigenvalue weighted by molar-refractivity contribution is 0.00955.